The maximum atomic E-state index is 14.4. The highest BCUT2D eigenvalue weighted by molar-refractivity contribution is 6.03. The largest absolute Gasteiger partial charge is 0.495 e. The summed E-state index contributed by atoms with van der Waals surface area (Å²) in [5.41, 5.74) is 3.96. The van der Waals surface area contributed by atoms with Crippen molar-refractivity contribution in [2.24, 2.45) is 0 Å². The molecule has 2 saturated heterocycles. The van der Waals surface area contributed by atoms with Gasteiger partial charge in [0.25, 0.3) is 0 Å². The molecule has 1 spiro atoms. The molecule has 3 aromatic heterocycles. The summed E-state index contributed by atoms with van der Waals surface area (Å²) < 4.78 is 27.8. The smallest absolute Gasteiger partial charge is 0.224 e. The van der Waals surface area contributed by atoms with Crippen LogP contribution in [-0.4, -0.2) is 80.0 Å². The van der Waals surface area contributed by atoms with E-state index in [-0.39, 0.29) is 5.54 Å². The Morgan fingerprint density at radius 2 is 1.88 bits per heavy atom. The minimum absolute atomic E-state index is 0.172. The van der Waals surface area contributed by atoms with Gasteiger partial charge in [0.15, 0.2) is 5.65 Å². The Kier molecular flexibility index (Phi) is 6.07. The molecule has 2 aliphatic heterocycles. The Morgan fingerprint density at radius 3 is 2.71 bits per heavy atom. The second-order valence-corrected chi connectivity index (χ2v) is 10.8. The van der Waals surface area contributed by atoms with E-state index < -0.39 is 6.17 Å². The Labute approximate surface area is 236 Å². The monoisotopic (exact) mass is 555 g/mol. The normalized spacial score (nSPS) is 18.5. The van der Waals surface area contributed by atoms with Crippen molar-refractivity contribution < 1.29 is 13.9 Å². The fourth-order valence-electron chi connectivity index (χ4n) is 5.98. The van der Waals surface area contributed by atoms with Crippen molar-refractivity contribution in [3.05, 3.63) is 60.9 Å². The highest BCUT2D eigenvalue weighted by Crippen LogP contribution is 2.46. The number of ether oxygens (including phenoxy) is 2. The SMILES string of the molecule is COc1ccc2ncnc(Nc3ccc(Oc4cc5ncnn5cn4)c(C)c3)c2c1N1CC2(C[C@H](F)CCN2C)C1. The number of aryl methyl sites for hydroxylation is 1. The molecule has 11 nitrogen and oxygen atoms in total. The lowest BCUT2D eigenvalue weighted by Gasteiger charge is -2.58. The number of aromatic nitrogens is 6. The number of halogens is 1. The van der Waals surface area contributed by atoms with Crippen LogP contribution in [0.2, 0.25) is 0 Å². The molecule has 7 rings (SSSR count). The fraction of sp³-hybridized carbons (Fsp3) is 0.345. The summed E-state index contributed by atoms with van der Waals surface area (Å²) in [7, 11) is 3.76. The number of anilines is 3. The number of hydrogen-bond donors (Lipinski definition) is 1. The minimum atomic E-state index is -0.764. The van der Waals surface area contributed by atoms with Gasteiger partial charge in [-0.25, -0.2) is 28.8 Å². The summed E-state index contributed by atoms with van der Waals surface area (Å²) in [4.78, 5) is 22.2. The van der Waals surface area contributed by atoms with Gasteiger partial charge in [-0.2, -0.15) is 5.10 Å². The van der Waals surface area contributed by atoms with Crippen LogP contribution in [0.4, 0.5) is 21.6 Å². The van der Waals surface area contributed by atoms with Gasteiger partial charge in [0, 0.05) is 37.8 Å². The van der Waals surface area contributed by atoms with Crippen molar-refractivity contribution in [3.8, 4) is 17.4 Å². The molecule has 0 radical (unpaired) electrons. The number of piperidine rings is 1. The molecule has 0 saturated carbocycles. The minimum Gasteiger partial charge on any atom is -0.495 e. The first-order valence-corrected chi connectivity index (χ1v) is 13.6. The topological polar surface area (TPSA) is 106 Å². The molecule has 41 heavy (non-hydrogen) atoms. The number of alkyl halides is 1. The van der Waals surface area contributed by atoms with Crippen molar-refractivity contribution in [2.75, 3.05) is 44.0 Å². The number of likely N-dealkylation sites (tertiary alicyclic amines) is 1. The number of nitrogens with one attached hydrogen (secondary N) is 1. The molecule has 12 heteroatoms. The molecule has 5 heterocycles. The Balaban J connectivity index is 1.18. The molecular weight excluding hydrogens is 525 g/mol. The molecule has 2 fully saturated rings. The Hall–Kier alpha value is -4.58. The van der Waals surface area contributed by atoms with Crippen molar-refractivity contribution in [1.29, 1.82) is 0 Å². The zero-order valence-corrected chi connectivity index (χ0v) is 23.1. The highest BCUT2D eigenvalue weighted by atomic mass is 19.1. The van der Waals surface area contributed by atoms with Crippen LogP contribution in [0.25, 0.3) is 16.6 Å². The molecule has 0 bridgehead atoms. The highest BCUT2D eigenvalue weighted by Gasteiger charge is 2.50. The van der Waals surface area contributed by atoms with Crippen LogP contribution in [0.1, 0.15) is 18.4 Å². The lowest BCUT2D eigenvalue weighted by atomic mass is 9.79. The first kappa shape index (κ1) is 25.4. The van der Waals surface area contributed by atoms with Gasteiger partial charge in [-0.15, -0.1) is 0 Å². The van der Waals surface area contributed by atoms with E-state index in [4.69, 9.17) is 9.47 Å². The lowest BCUT2D eigenvalue weighted by Crippen LogP contribution is -2.72. The van der Waals surface area contributed by atoms with Gasteiger partial charge in [0.1, 0.15) is 42.5 Å². The van der Waals surface area contributed by atoms with E-state index in [1.54, 1.807) is 30.3 Å². The van der Waals surface area contributed by atoms with Crippen LogP contribution < -0.4 is 19.7 Å². The van der Waals surface area contributed by atoms with E-state index in [0.29, 0.717) is 49.0 Å². The number of benzene rings is 2. The van der Waals surface area contributed by atoms with Gasteiger partial charge < -0.3 is 19.7 Å². The summed E-state index contributed by atoms with van der Waals surface area (Å²) in [6.07, 6.45) is 4.96. The van der Waals surface area contributed by atoms with E-state index in [2.05, 4.69) is 47.2 Å². The van der Waals surface area contributed by atoms with E-state index in [1.165, 1.54) is 6.33 Å². The molecule has 2 aromatic carbocycles. The van der Waals surface area contributed by atoms with Gasteiger partial charge in [-0.05, 0) is 56.3 Å². The van der Waals surface area contributed by atoms with Crippen LogP contribution in [-0.2, 0) is 0 Å². The summed E-state index contributed by atoms with van der Waals surface area (Å²) in [5.74, 6) is 2.51. The fourth-order valence-corrected chi connectivity index (χ4v) is 5.98. The standard InChI is InChI=1S/C29H30FN9O2/c1-18-10-20(4-6-22(18)41-25-11-24-32-16-35-39(24)17-34-25)36-28-26-21(31-15-33-28)5-7-23(40-3)27(26)38-13-29(14-38)12-19(30)8-9-37(29)2/h4-7,10-11,15-17,19H,8-9,12-14H2,1-3H3,(H,31,33,36)/t19-/m1/s1. The molecule has 210 valence electrons. The maximum Gasteiger partial charge on any atom is 0.224 e. The van der Waals surface area contributed by atoms with E-state index in [1.807, 2.05) is 37.3 Å². The second kappa shape index (κ2) is 9.81. The van der Waals surface area contributed by atoms with Gasteiger partial charge in [0.2, 0.25) is 5.88 Å². The molecular formula is C29H30FN9O2. The zero-order chi connectivity index (χ0) is 28.1. The van der Waals surface area contributed by atoms with Gasteiger partial charge in [-0.3, -0.25) is 4.90 Å². The third kappa shape index (κ3) is 4.44. The lowest BCUT2D eigenvalue weighted by molar-refractivity contribution is 0.00723. The first-order chi connectivity index (χ1) is 19.9. The second-order valence-electron chi connectivity index (χ2n) is 10.8. The number of methoxy groups -OCH3 is 1. The van der Waals surface area contributed by atoms with Crippen molar-refractivity contribution in [3.63, 3.8) is 0 Å². The molecule has 1 N–H and O–H groups in total. The molecule has 5 aromatic rings. The van der Waals surface area contributed by atoms with Crippen LogP contribution in [0.15, 0.2) is 55.4 Å². The summed E-state index contributed by atoms with van der Waals surface area (Å²) in [6.45, 7) is 4.17. The quantitative estimate of drug-likeness (QED) is 0.321. The average molecular weight is 556 g/mol. The average Bonchev–Trinajstić information content (AvgIpc) is 3.42. The number of hydrogen-bond acceptors (Lipinski definition) is 10. The molecule has 0 unspecified atom stereocenters. The summed E-state index contributed by atoms with van der Waals surface area (Å²) in [6, 6.07) is 11.4. The first-order valence-electron chi connectivity index (χ1n) is 13.6. The Bertz CT molecular complexity index is 1750. The molecule has 0 amide bonds. The number of rotatable bonds is 6. The van der Waals surface area contributed by atoms with Crippen LogP contribution in [0, 0.1) is 6.92 Å². The number of likely N-dealkylation sites (N-methyl/N-ethyl adjacent to an activating group) is 1. The maximum absolute atomic E-state index is 14.4. The summed E-state index contributed by atoms with van der Waals surface area (Å²) in [5, 5.41) is 8.41. The third-order valence-electron chi connectivity index (χ3n) is 8.23. The number of fused-ring (bicyclic) bond motifs is 2. The number of nitrogens with zero attached hydrogens (tertiary/aromatic N) is 8. The zero-order valence-electron chi connectivity index (χ0n) is 23.1. The van der Waals surface area contributed by atoms with Gasteiger partial charge >= 0.3 is 0 Å². The molecule has 2 aliphatic rings. The van der Waals surface area contributed by atoms with Crippen LogP contribution in [0.3, 0.4) is 0 Å². The van der Waals surface area contributed by atoms with E-state index >= 15 is 0 Å². The summed E-state index contributed by atoms with van der Waals surface area (Å²) >= 11 is 0. The van der Waals surface area contributed by atoms with Crippen molar-refractivity contribution >= 4 is 33.7 Å². The molecule has 1 atom stereocenters. The van der Waals surface area contributed by atoms with Crippen molar-refractivity contribution in [2.45, 2.75) is 31.5 Å². The predicted octanol–water partition coefficient (Wildman–Crippen LogP) is 4.54. The van der Waals surface area contributed by atoms with Gasteiger partial charge in [-0.1, -0.05) is 0 Å². The van der Waals surface area contributed by atoms with E-state index in [0.717, 1.165) is 40.1 Å². The predicted molar refractivity (Wildman–Crippen MR) is 153 cm³/mol. The Morgan fingerprint density at radius 1 is 1.02 bits per heavy atom. The van der Waals surface area contributed by atoms with Crippen LogP contribution in [0.5, 0.6) is 17.4 Å². The molecule has 0 aliphatic carbocycles. The van der Waals surface area contributed by atoms with E-state index in [9.17, 15) is 4.39 Å². The van der Waals surface area contributed by atoms with Crippen molar-refractivity contribution in [1.82, 2.24) is 34.4 Å². The van der Waals surface area contributed by atoms with Crippen LogP contribution >= 0.6 is 0 Å². The van der Waals surface area contributed by atoms with Gasteiger partial charge in [0.05, 0.1) is 29.2 Å². The third-order valence-corrected chi connectivity index (χ3v) is 8.23.